The van der Waals surface area contributed by atoms with E-state index in [-0.39, 0.29) is 22.7 Å². The lowest BCUT2D eigenvalue weighted by molar-refractivity contribution is -0.123. The van der Waals surface area contributed by atoms with Crippen LogP contribution in [-0.2, 0) is 11.2 Å². The molecule has 0 radical (unpaired) electrons. The highest BCUT2D eigenvalue weighted by Crippen LogP contribution is 2.21. The van der Waals surface area contributed by atoms with Gasteiger partial charge in [0.05, 0.1) is 11.2 Å². The predicted octanol–water partition coefficient (Wildman–Crippen LogP) is 2.35. The summed E-state index contributed by atoms with van der Waals surface area (Å²) >= 11 is 6.21. The summed E-state index contributed by atoms with van der Waals surface area (Å²) in [4.78, 5) is 36.4. The molecule has 1 unspecified atom stereocenters. The van der Waals surface area contributed by atoms with Crippen molar-refractivity contribution in [2.45, 2.75) is 44.2 Å². The summed E-state index contributed by atoms with van der Waals surface area (Å²) < 4.78 is 0. The molecule has 8 heteroatoms. The Morgan fingerprint density at radius 1 is 1.17 bits per heavy atom. The number of carbonyl (C=O) groups excluding carboxylic acids is 2. The summed E-state index contributed by atoms with van der Waals surface area (Å²) in [7, 11) is 0. The Hall–Kier alpha value is -2.67. The number of carbonyl (C=O) groups is 2. The van der Waals surface area contributed by atoms with Crippen molar-refractivity contribution in [1.29, 1.82) is 0 Å². The minimum atomic E-state index is -0.702. The molecule has 1 saturated carbocycles. The molecule has 2 N–H and O–H groups in total. The van der Waals surface area contributed by atoms with Crippen LogP contribution >= 0.6 is 11.6 Å². The highest BCUT2D eigenvalue weighted by atomic mass is 35.5. The molecular weight excluding hydrogens is 390 g/mol. The van der Waals surface area contributed by atoms with Crippen molar-refractivity contribution in [3.05, 3.63) is 52.8 Å². The number of aromatic nitrogens is 2. The van der Waals surface area contributed by atoms with Crippen LogP contribution in [0.4, 0.5) is 5.95 Å². The zero-order chi connectivity index (χ0) is 20.2. The van der Waals surface area contributed by atoms with Crippen LogP contribution in [0.25, 0.3) is 0 Å². The van der Waals surface area contributed by atoms with E-state index in [0.29, 0.717) is 12.4 Å². The summed E-state index contributed by atoms with van der Waals surface area (Å²) in [6, 6.07) is 9.13. The van der Waals surface area contributed by atoms with E-state index in [1.165, 1.54) is 6.20 Å². The molecule has 7 nitrogen and oxygen atoms in total. The van der Waals surface area contributed by atoms with Gasteiger partial charge in [0.2, 0.25) is 11.9 Å². The minimum Gasteiger partial charge on any atom is -0.352 e. The van der Waals surface area contributed by atoms with Gasteiger partial charge < -0.3 is 15.5 Å². The number of hydrogen-bond acceptors (Lipinski definition) is 5. The van der Waals surface area contributed by atoms with Gasteiger partial charge in [-0.2, -0.15) is 0 Å². The topological polar surface area (TPSA) is 87.2 Å². The average Bonchev–Trinajstić information content (AvgIpc) is 3.37. The van der Waals surface area contributed by atoms with Gasteiger partial charge in [0.15, 0.2) is 5.69 Å². The third kappa shape index (κ3) is 5.03. The Morgan fingerprint density at radius 2 is 1.90 bits per heavy atom. The summed E-state index contributed by atoms with van der Waals surface area (Å²) in [5.74, 6) is -0.154. The lowest BCUT2D eigenvalue weighted by atomic mass is 10.0. The van der Waals surface area contributed by atoms with Crippen LogP contribution < -0.4 is 15.5 Å². The Labute approximate surface area is 174 Å². The number of halogens is 1. The van der Waals surface area contributed by atoms with Crippen molar-refractivity contribution in [1.82, 2.24) is 20.6 Å². The molecule has 2 amide bonds. The molecule has 152 valence electrons. The quantitative estimate of drug-likeness (QED) is 0.727. The molecule has 1 saturated heterocycles. The fourth-order valence-corrected chi connectivity index (χ4v) is 3.58. The van der Waals surface area contributed by atoms with Crippen LogP contribution in [0, 0.1) is 0 Å². The summed E-state index contributed by atoms with van der Waals surface area (Å²) in [5, 5.41) is 5.98. The van der Waals surface area contributed by atoms with E-state index < -0.39 is 11.9 Å². The van der Waals surface area contributed by atoms with Gasteiger partial charge in [-0.15, -0.1) is 0 Å². The maximum atomic E-state index is 13.0. The molecular formula is C21H24ClN5O2. The van der Waals surface area contributed by atoms with Gasteiger partial charge in [-0.3, -0.25) is 9.59 Å². The standard InChI is InChI=1S/C21H24ClN5O2/c22-16-13-23-21(27-10-4-5-11-27)26-18(16)20(29)25-17(19(28)24-15-8-9-15)12-14-6-2-1-3-7-14/h1-3,6-7,13,15,17H,4-5,8-12H2,(H,24,28)(H,25,29). The maximum absolute atomic E-state index is 13.0. The van der Waals surface area contributed by atoms with Crippen molar-refractivity contribution in [3.8, 4) is 0 Å². The molecule has 1 aliphatic carbocycles. The van der Waals surface area contributed by atoms with E-state index in [9.17, 15) is 9.59 Å². The maximum Gasteiger partial charge on any atom is 0.272 e. The monoisotopic (exact) mass is 413 g/mol. The highest BCUT2D eigenvalue weighted by molar-refractivity contribution is 6.33. The number of anilines is 1. The molecule has 2 fully saturated rings. The molecule has 0 bridgehead atoms. The number of nitrogens with zero attached hydrogens (tertiary/aromatic N) is 3. The van der Waals surface area contributed by atoms with Crippen LogP contribution in [0.2, 0.25) is 5.02 Å². The number of nitrogens with one attached hydrogen (secondary N) is 2. The second kappa shape index (κ2) is 8.78. The van der Waals surface area contributed by atoms with E-state index in [0.717, 1.165) is 44.3 Å². The summed E-state index contributed by atoms with van der Waals surface area (Å²) in [6.45, 7) is 1.73. The number of amides is 2. The number of hydrogen-bond donors (Lipinski definition) is 2. The van der Waals surface area contributed by atoms with Gasteiger partial charge in [0.25, 0.3) is 5.91 Å². The van der Waals surface area contributed by atoms with E-state index in [2.05, 4.69) is 20.6 Å². The highest BCUT2D eigenvalue weighted by Gasteiger charge is 2.30. The van der Waals surface area contributed by atoms with Crippen LogP contribution in [-0.4, -0.2) is 47.0 Å². The second-order valence-corrected chi connectivity index (χ2v) is 7.97. The molecule has 1 atom stereocenters. The smallest absolute Gasteiger partial charge is 0.272 e. The van der Waals surface area contributed by atoms with Crippen LogP contribution in [0.1, 0.15) is 41.7 Å². The molecule has 29 heavy (non-hydrogen) atoms. The van der Waals surface area contributed by atoms with Crippen molar-refractivity contribution in [2.75, 3.05) is 18.0 Å². The fourth-order valence-electron chi connectivity index (χ4n) is 3.40. The first-order chi connectivity index (χ1) is 14.1. The van der Waals surface area contributed by atoms with Crippen LogP contribution in [0.15, 0.2) is 36.5 Å². The van der Waals surface area contributed by atoms with Gasteiger partial charge in [0, 0.05) is 25.6 Å². The van der Waals surface area contributed by atoms with Gasteiger partial charge in [-0.1, -0.05) is 41.9 Å². The summed E-state index contributed by atoms with van der Waals surface area (Å²) in [5.41, 5.74) is 1.07. The average molecular weight is 414 g/mol. The molecule has 2 aliphatic rings. The lowest BCUT2D eigenvalue weighted by Gasteiger charge is -2.20. The molecule has 1 aliphatic heterocycles. The third-order valence-corrected chi connectivity index (χ3v) is 5.44. The van der Waals surface area contributed by atoms with Gasteiger partial charge in [-0.25, -0.2) is 9.97 Å². The van der Waals surface area contributed by atoms with Crippen molar-refractivity contribution in [3.63, 3.8) is 0 Å². The van der Waals surface area contributed by atoms with Gasteiger partial charge in [0.1, 0.15) is 6.04 Å². The van der Waals surface area contributed by atoms with Gasteiger partial charge in [-0.05, 0) is 31.2 Å². The normalized spacial score (nSPS) is 17.1. The van der Waals surface area contributed by atoms with Crippen LogP contribution in [0.5, 0.6) is 0 Å². The molecule has 1 aromatic carbocycles. The van der Waals surface area contributed by atoms with Crippen molar-refractivity contribution < 1.29 is 9.59 Å². The van der Waals surface area contributed by atoms with Gasteiger partial charge >= 0.3 is 0 Å². The molecule has 4 rings (SSSR count). The van der Waals surface area contributed by atoms with E-state index in [4.69, 9.17) is 11.6 Å². The fraction of sp³-hybridized carbons (Fsp3) is 0.429. The van der Waals surface area contributed by atoms with E-state index in [1.54, 1.807) is 0 Å². The zero-order valence-electron chi connectivity index (χ0n) is 16.1. The Bertz CT molecular complexity index is 882. The van der Waals surface area contributed by atoms with Crippen LogP contribution in [0.3, 0.4) is 0 Å². The lowest BCUT2D eigenvalue weighted by Crippen LogP contribution is -2.48. The van der Waals surface area contributed by atoms with Crippen molar-refractivity contribution >= 4 is 29.4 Å². The number of rotatable bonds is 7. The summed E-state index contributed by atoms with van der Waals surface area (Å²) in [6.07, 6.45) is 5.96. The SMILES string of the molecule is O=C(NC(Cc1ccccc1)C(=O)NC1CC1)c1nc(N2CCCC2)ncc1Cl. The predicted molar refractivity (Wildman–Crippen MR) is 111 cm³/mol. The first-order valence-electron chi connectivity index (χ1n) is 10.0. The molecule has 0 spiro atoms. The largest absolute Gasteiger partial charge is 0.352 e. The minimum absolute atomic E-state index is 0.0980. The van der Waals surface area contributed by atoms with E-state index in [1.807, 2.05) is 35.2 Å². The van der Waals surface area contributed by atoms with Crippen molar-refractivity contribution in [2.24, 2.45) is 0 Å². The zero-order valence-corrected chi connectivity index (χ0v) is 16.9. The Kier molecular flexibility index (Phi) is 5.94. The third-order valence-electron chi connectivity index (χ3n) is 5.16. The molecule has 2 heterocycles. The Balaban J connectivity index is 1.52. The second-order valence-electron chi connectivity index (χ2n) is 7.56. The molecule has 1 aromatic heterocycles. The Morgan fingerprint density at radius 3 is 2.59 bits per heavy atom. The number of benzene rings is 1. The first-order valence-corrected chi connectivity index (χ1v) is 10.4. The molecule has 2 aromatic rings. The first kappa shape index (κ1) is 19.6. The van der Waals surface area contributed by atoms with E-state index >= 15 is 0 Å².